The van der Waals surface area contributed by atoms with E-state index in [0.29, 0.717) is 0 Å². The zero-order valence-electron chi connectivity index (χ0n) is 30.9. The molecule has 11 aromatic rings. The first-order valence-electron chi connectivity index (χ1n) is 19.2. The Morgan fingerprint density at radius 2 is 0.860 bits per heavy atom. The highest BCUT2D eigenvalue weighted by molar-refractivity contribution is 5.99. The minimum atomic E-state index is 0.882. The van der Waals surface area contributed by atoms with Gasteiger partial charge in [0.15, 0.2) is 0 Å². The van der Waals surface area contributed by atoms with Gasteiger partial charge >= 0.3 is 0 Å². The van der Waals surface area contributed by atoms with Crippen LogP contribution in [0.15, 0.2) is 212 Å². The smallest absolute Gasteiger partial charge is 0.220 e. The average molecular weight is 730 g/mol. The van der Waals surface area contributed by atoms with Crippen LogP contribution in [0.1, 0.15) is 0 Å². The van der Waals surface area contributed by atoms with Gasteiger partial charge in [0, 0.05) is 34.3 Å². The number of para-hydroxylation sites is 2. The van der Waals surface area contributed by atoms with Gasteiger partial charge in [-0.1, -0.05) is 127 Å². The molecule has 0 amide bonds. The topological polar surface area (TPSA) is 38.4 Å². The molecule has 3 heterocycles. The summed E-state index contributed by atoms with van der Waals surface area (Å²) in [5, 5.41) is 1.10. The van der Waals surface area contributed by atoms with Crippen molar-refractivity contribution in [2.24, 2.45) is 0 Å². The molecule has 0 unspecified atom stereocenters. The summed E-state index contributed by atoms with van der Waals surface area (Å²) in [7, 11) is 0. The van der Waals surface area contributed by atoms with E-state index in [0.717, 1.165) is 72.6 Å². The van der Waals surface area contributed by atoms with Gasteiger partial charge in [-0.3, -0.25) is 14.0 Å². The van der Waals surface area contributed by atoms with Crippen molar-refractivity contribution in [1.82, 2.24) is 18.9 Å². The second kappa shape index (κ2) is 13.5. The van der Waals surface area contributed by atoms with E-state index in [1.165, 1.54) is 22.3 Å². The lowest BCUT2D eigenvalue weighted by Gasteiger charge is -2.26. The Labute approximate surface area is 330 Å². The average Bonchev–Trinajstić information content (AvgIpc) is 3.81. The van der Waals surface area contributed by atoms with Gasteiger partial charge < -0.3 is 4.90 Å². The predicted molar refractivity (Wildman–Crippen MR) is 236 cm³/mol. The molecule has 0 aliphatic rings. The Bertz CT molecular complexity index is 3090. The predicted octanol–water partition coefficient (Wildman–Crippen LogP) is 13.5. The fourth-order valence-electron chi connectivity index (χ4n) is 8.14. The summed E-state index contributed by atoms with van der Waals surface area (Å²) in [6, 6.07) is 73.3. The van der Waals surface area contributed by atoms with Gasteiger partial charge in [-0.25, -0.2) is 4.98 Å². The summed E-state index contributed by atoms with van der Waals surface area (Å²) < 4.78 is 4.51. The molecule has 0 saturated carbocycles. The monoisotopic (exact) mass is 729 g/mol. The van der Waals surface area contributed by atoms with Gasteiger partial charge in [0.05, 0.1) is 27.6 Å². The van der Waals surface area contributed by atoms with E-state index < -0.39 is 0 Å². The van der Waals surface area contributed by atoms with E-state index in [-0.39, 0.29) is 0 Å². The van der Waals surface area contributed by atoms with Crippen LogP contribution >= 0.6 is 0 Å². The third kappa shape index (κ3) is 5.72. The van der Waals surface area contributed by atoms with Crippen LogP contribution in [0, 0.1) is 0 Å². The first-order valence-corrected chi connectivity index (χ1v) is 19.2. The van der Waals surface area contributed by atoms with E-state index in [4.69, 9.17) is 4.98 Å². The number of fused-ring (bicyclic) bond motifs is 6. The molecule has 57 heavy (non-hydrogen) atoms. The van der Waals surface area contributed by atoms with Crippen LogP contribution in [-0.4, -0.2) is 18.9 Å². The third-order valence-corrected chi connectivity index (χ3v) is 11.0. The first kappa shape index (κ1) is 32.7. The minimum absolute atomic E-state index is 0.882. The Morgan fingerprint density at radius 1 is 0.368 bits per heavy atom. The molecular weight excluding hydrogens is 695 g/mol. The summed E-state index contributed by atoms with van der Waals surface area (Å²) in [6.07, 6.45) is 1.85. The summed E-state index contributed by atoms with van der Waals surface area (Å²) in [6.45, 7) is 0. The maximum atomic E-state index is 5.12. The molecule has 0 spiro atoms. The lowest BCUT2D eigenvalue weighted by atomic mass is 10.0. The van der Waals surface area contributed by atoms with E-state index in [1.54, 1.807) is 0 Å². The lowest BCUT2D eigenvalue weighted by molar-refractivity contribution is 1.11. The van der Waals surface area contributed by atoms with Crippen LogP contribution in [0.2, 0.25) is 0 Å². The van der Waals surface area contributed by atoms with Gasteiger partial charge in [0.2, 0.25) is 5.78 Å². The Balaban J connectivity index is 0.957. The Morgan fingerprint density at radius 3 is 1.42 bits per heavy atom. The molecule has 3 aromatic heterocycles. The highest BCUT2D eigenvalue weighted by Crippen LogP contribution is 2.38. The molecule has 8 aromatic carbocycles. The maximum absolute atomic E-state index is 5.12. The molecular formula is C52H35N5. The molecule has 0 radical (unpaired) electrons. The van der Waals surface area contributed by atoms with Crippen molar-refractivity contribution in [3.05, 3.63) is 212 Å². The number of hydrogen-bond donors (Lipinski definition) is 0. The van der Waals surface area contributed by atoms with E-state index in [2.05, 4.69) is 213 Å². The van der Waals surface area contributed by atoms with Crippen LogP contribution in [0.3, 0.4) is 0 Å². The molecule has 0 saturated heterocycles. The van der Waals surface area contributed by atoms with Gasteiger partial charge in [-0.2, -0.15) is 0 Å². The Kier molecular flexibility index (Phi) is 7.74. The minimum Gasteiger partial charge on any atom is -0.311 e. The molecule has 0 atom stereocenters. The normalized spacial score (nSPS) is 11.5. The van der Waals surface area contributed by atoms with E-state index in [1.807, 2.05) is 18.3 Å². The quantitative estimate of drug-likeness (QED) is 0.164. The van der Waals surface area contributed by atoms with Crippen molar-refractivity contribution in [3.63, 3.8) is 0 Å². The maximum Gasteiger partial charge on any atom is 0.220 e. The van der Waals surface area contributed by atoms with Crippen molar-refractivity contribution in [3.8, 4) is 39.1 Å². The molecule has 0 N–H and O–H groups in total. The molecule has 0 aliphatic carbocycles. The number of anilines is 3. The molecule has 0 bridgehead atoms. The molecule has 5 heteroatoms. The van der Waals surface area contributed by atoms with Crippen molar-refractivity contribution >= 4 is 55.8 Å². The molecule has 11 rings (SSSR count). The second-order valence-corrected chi connectivity index (χ2v) is 14.4. The van der Waals surface area contributed by atoms with Gasteiger partial charge in [0.25, 0.3) is 0 Å². The number of imidazole rings is 2. The van der Waals surface area contributed by atoms with Crippen molar-refractivity contribution in [2.75, 3.05) is 4.90 Å². The van der Waals surface area contributed by atoms with E-state index in [9.17, 15) is 0 Å². The number of pyridine rings is 1. The highest BCUT2D eigenvalue weighted by atomic mass is 15.2. The summed E-state index contributed by atoms with van der Waals surface area (Å²) in [5.74, 6) is 0.882. The number of benzene rings is 8. The van der Waals surface area contributed by atoms with Crippen LogP contribution in [0.25, 0.3) is 77.8 Å². The summed E-state index contributed by atoms with van der Waals surface area (Å²) >= 11 is 0. The van der Waals surface area contributed by atoms with Gasteiger partial charge in [0.1, 0.15) is 0 Å². The SMILES string of the molecule is c1ccc(-c2ccc(N(c3ccc(-c4ccccc4)cc3)c3ccc(-c4ccc(-n5c6cc7cccnc7cc6n6c7ccccc7nc56)cc4)cc3)cc2)cc1. The molecule has 268 valence electrons. The van der Waals surface area contributed by atoms with Crippen LogP contribution < -0.4 is 4.90 Å². The number of aromatic nitrogens is 4. The van der Waals surface area contributed by atoms with Crippen molar-refractivity contribution in [1.29, 1.82) is 0 Å². The molecule has 0 aliphatic heterocycles. The number of hydrogen-bond acceptors (Lipinski definition) is 3. The molecule has 5 nitrogen and oxygen atoms in total. The largest absolute Gasteiger partial charge is 0.311 e. The van der Waals surface area contributed by atoms with Gasteiger partial charge in [-0.15, -0.1) is 0 Å². The molecule has 0 fully saturated rings. The summed E-state index contributed by atoms with van der Waals surface area (Å²) in [5.41, 5.74) is 16.6. The van der Waals surface area contributed by atoms with Crippen molar-refractivity contribution in [2.45, 2.75) is 0 Å². The van der Waals surface area contributed by atoms with Gasteiger partial charge in [-0.05, 0) is 112 Å². The number of nitrogens with zero attached hydrogens (tertiary/aromatic N) is 5. The Hall–Kier alpha value is -7.76. The third-order valence-electron chi connectivity index (χ3n) is 11.0. The summed E-state index contributed by atoms with van der Waals surface area (Å²) in [4.78, 5) is 12.1. The zero-order valence-corrected chi connectivity index (χ0v) is 30.9. The van der Waals surface area contributed by atoms with E-state index >= 15 is 0 Å². The van der Waals surface area contributed by atoms with Crippen LogP contribution in [-0.2, 0) is 0 Å². The zero-order chi connectivity index (χ0) is 37.7. The fourth-order valence-corrected chi connectivity index (χ4v) is 8.14. The number of rotatable bonds is 7. The van der Waals surface area contributed by atoms with Crippen molar-refractivity contribution < 1.29 is 0 Å². The standard InChI is InChI=1S/C52H35N5/c1-3-10-36(11-4-1)38-17-25-43(26-18-38)55(44-27-19-39(20-28-44)37-12-5-2-6-13-37)45-29-21-40(22-30-45)41-23-31-46(32-24-41)56-50-34-42-14-9-33-53-48(42)35-51(50)57-49-16-8-7-15-47(49)54-52(56)57/h1-35H. The second-order valence-electron chi connectivity index (χ2n) is 14.4. The first-order chi connectivity index (χ1) is 28.2. The van der Waals surface area contributed by atoms with Crippen LogP contribution in [0.5, 0.6) is 0 Å². The fraction of sp³-hybridized carbons (Fsp3) is 0. The van der Waals surface area contributed by atoms with Crippen LogP contribution in [0.4, 0.5) is 17.1 Å². The highest BCUT2D eigenvalue weighted by Gasteiger charge is 2.19. The lowest BCUT2D eigenvalue weighted by Crippen LogP contribution is -2.09.